The average molecular weight is 602 g/mol. The van der Waals surface area contributed by atoms with E-state index in [2.05, 4.69) is 31.6 Å². The summed E-state index contributed by atoms with van der Waals surface area (Å²) in [5, 5.41) is 12.6. The van der Waals surface area contributed by atoms with Gasteiger partial charge >= 0.3 is 0 Å². The van der Waals surface area contributed by atoms with E-state index in [9.17, 15) is 14.0 Å². The predicted octanol–water partition coefficient (Wildman–Crippen LogP) is 5.10. The molecule has 0 radical (unpaired) electrons. The lowest BCUT2D eigenvalue weighted by Gasteiger charge is -2.31. The van der Waals surface area contributed by atoms with Crippen LogP contribution in [0.15, 0.2) is 53.1 Å². The Morgan fingerprint density at radius 3 is 2.66 bits per heavy atom. The molecule has 1 fully saturated rings. The Balaban J connectivity index is 1.15. The molecule has 11 heteroatoms. The molecule has 0 aliphatic carbocycles. The topological polar surface area (TPSA) is 85.0 Å². The number of aryl methyl sites for hydroxylation is 1. The number of rotatable bonds is 6. The van der Waals surface area contributed by atoms with Gasteiger partial charge in [-0.25, -0.2) is 9.07 Å². The Bertz CT molecular complexity index is 1470. The first kappa shape index (κ1) is 26.4. The molecule has 1 aliphatic rings. The molecule has 5 rings (SSSR count). The number of hydrogen-bond acceptors (Lipinski definition) is 4. The van der Waals surface area contributed by atoms with Crippen molar-refractivity contribution in [3.63, 3.8) is 0 Å². The number of carbonyl (C=O) groups is 2. The summed E-state index contributed by atoms with van der Waals surface area (Å²) in [5.74, 6) is -0.681. The third-order valence-corrected chi connectivity index (χ3v) is 8.34. The Hall–Kier alpha value is -3.24. The largest absolute Gasteiger partial charge is 0.350 e. The number of piperidine rings is 1. The first-order valence-corrected chi connectivity index (χ1v) is 13.6. The quantitative estimate of drug-likeness (QED) is 0.333. The maximum atomic E-state index is 13.4. The highest BCUT2D eigenvalue weighted by Crippen LogP contribution is 2.32. The number of nitrogens with zero attached hydrogens (tertiary/aromatic N) is 5. The monoisotopic (exact) mass is 600 g/mol. The molecule has 8 nitrogen and oxygen atoms in total. The number of halogens is 3. The lowest BCUT2D eigenvalue weighted by molar-refractivity contribution is -0.126. The van der Waals surface area contributed by atoms with Crippen LogP contribution < -0.4 is 5.32 Å². The minimum absolute atomic E-state index is 0.0403. The molecule has 2 aromatic carbocycles. The SMILES string of the molecule is C[C@@H](c1ccc(F)cc1Cl)n1cc(CNC(=O)C2CCN(C(=O)c3c(Br)c4ccccc4n3C)CC2)nn1. The summed E-state index contributed by atoms with van der Waals surface area (Å²) in [5.41, 5.74) is 2.94. The van der Waals surface area contributed by atoms with E-state index in [0.717, 1.165) is 20.9 Å². The van der Waals surface area contributed by atoms with Crippen molar-refractivity contribution in [3.05, 3.63) is 80.9 Å². The van der Waals surface area contributed by atoms with E-state index in [1.807, 2.05) is 47.7 Å². The van der Waals surface area contributed by atoms with Gasteiger partial charge in [-0.3, -0.25) is 9.59 Å². The van der Waals surface area contributed by atoms with E-state index in [1.165, 1.54) is 12.1 Å². The molecule has 4 aromatic rings. The van der Waals surface area contributed by atoms with Crippen LogP contribution in [0.5, 0.6) is 0 Å². The summed E-state index contributed by atoms with van der Waals surface area (Å²) in [6.45, 7) is 3.15. The van der Waals surface area contributed by atoms with Crippen molar-refractivity contribution in [2.75, 3.05) is 13.1 Å². The van der Waals surface area contributed by atoms with Crippen molar-refractivity contribution >= 4 is 50.2 Å². The summed E-state index contributed by atoms with van der Waals surface area (Å²) < 4.78 is 17.7. The molecule has 198 valence electrons. The van der Waals surface area contributed by atoms with E-state index in [-0.39, 0.29) is 30.3 Å². The molecule has 1 aliphatic heterocycles. The third-order valence-electron chi connectivity index (χ3n) is 7.21. The fraction of sp³-hybridized carbons (Fsp3) is 0.333. The average Bonchev–Trinajstić information content (AvgIpc) is 3.49. The number of hydrogen-bond donors (Lipinski definition) is 1. The molecular formula is C27H27BrClFN6O2. The van der Waals surface area contributed by atoms with Crippen LogP contribution >= 0.6 is 27.5 Å². The van der Waals surface area contributed by atoms with E-state index in [0.29, 0.717) is 42.3 Å². The number of nitrogens with one attached hydrogen (secondary N) is 1. The maximum absolute atomic E-state index is 13.4. The number of aromatic nitrogens is 4. The van der Waals surface area contributed by atoms with Gasteiger partial charge in [0.25, 0.3) is 5.91 Å². The van der Waals surface area contributed by atoms with Gasteiger partial charge in [-0.2, -0.15) is 0 Å². The van der Waals surface area contributed by atoms with Gasteiger partial charge in [0.15, 0.2) is 0 Å². The van der Waals surface area contributed by atoms with Gasteiger partial charge in [0.05, 0.1) is 23.3 Å². The minimum Gasteiger partial charge on any atom is -0.350 e. The number of amides is 2. The van der Waals surface area contributed by atoms with E-state index in [4.69, 9.17) is 11.6 Å². The van der Waals surface area contributed by atoms with Gasteiger partial charge in [-0.15, -0.1) is 5.10 Å². The normalized spacial score (nSPS) is 15.1. The van der Waals surface area contributed by atoms with Crippen LogP contribution in [0.25, 0.3) is 10.9 Å². The Morgan fingerprint density at radius 1 is 1.21 bits per heavy atom. The zero-order chi connectivity index (χ0) is 27.0. The van der Waals surface area contributed by atoms with Crippen molar-refractivity contribution in [2.24, 2.45) is 13.0 Å². The van der Waals surface area contributed by atoms with Crippen LogP contribution in [0.3, 0.4) is 0 Å². The van der Waals surface area contributed by atoms with Crippen LogP contribution in [0.4, 0.5) is 4.39 Å². The molecule has 1 atom stereocenters. The van der Waals surface area contributed by atoms with Crippen molar-refractivity contribution in [1.82, 2.24) is 29.8 Å². The second-order valence-corrected chi connectivity index (χ2v) is 10.8. The van der Waals surface area contributed by atoms with Gasteiger partial charge in [0.2, 0.25) is 5.91 Å². The van der Waals surface area contributed by atoms with Crippen LogP contribution in [-0.2, 0) is 18.4 Å². The van der Waals surface area contributed by atoms with Crippen LogP contribution in [0, 0.1) is 11.7 Å². The molecule has 3 heterocycles. The number of para-hydroxylation sites is 1. The zero-order valence-electron chi connectivity index (χ0n) is 21.0. The second kappa shape index (κ2) is 10.9. The number of fused-ring (bicyclic) bond motifs is 1. The van der Waals surface area contributed by atoms with Gasteiger partial charge in [0.1, 0.15) is 17.2 Å². The van der Waals surface area contributed by atoms with Gasteiger partial charge in [-0.05, 0) is 59.5 Å². The Kier molecular flexibility index (Phi) is 7.54. The van der Waals surface area contributed by atoms with Crippen molar-refractivity contribution < 1.29 is 14.0 Å². The van der Waals surface area contributed by atoms with E-state index >= 15 is 0 Å². The summed E-state index contributed by atoms with van der Waals surface area (Å²) in [6.07, 6.45) is 2.92. The number of likely N-dealkylation sites (tertiary alicyclic amines) is 1. The molecule has 2 aromatic heterocycles. The summed E-state index contributed by atoms with van der Waals surface area (Å²) >= 11 is 9.79. The summed E-state index contributed by atoms with van der Waals surface area (Å²) in [7, 11) is 1.89. The fourth-order valence-electron chi connectivity index (χ4n) is 4.97. The van der Waals surface area contributed by atoms with Crippen LogP contribution in [0.1, 0.15) is 47.6 Å². The predicted molar refractivity (Wildman–Crippen MR) is 146 cm³/mol. The maximum Gasteiger partial charge on any atom is 0.271 e. The standard InChI is InChI=1S/C27H27BrClFN6O2/c1-16(20-8-7-18(30)13-22(20)29)36-15-19(32-33-36)14-31-26(37)17-9-11-35(12-10-17)27(38)25-24(28)21-5-3-4-6-23(21)34(25)2/h3-8,13,15-17H,9-12,14H2,1-2H3,(H,31,37)/t16-/m0/s1. The van der Waals surface area contributed by atoms with Crippen LogP contribution in [-0.4, -0.2) is 49.4 Å². The fourth-order valence-corrected chi connectivity index (χ4v) is 6.06. The highest BCUT2D eigenvalue weighted by Gasteiger charge is 2.30. The minimum atomic E-state index is -0.399. The third kappa shape index (κ3) is 5.07. The molecule has 0 saturated carbocycles. The van der Waals surface area contributed by atoms with Crippen molar-refractivity contribution in [2.45, 2.75) is 32.4 Å². The number of benzene rings is 2. The molecule has 2 amide bonds. The number of carbonyl (C=O) groups excluding carboxylic acids is 2. The molecule has 38 heavy (non-hydrogen) atoms. The molecule has 0 bridgehead atoms. The zero-order valence-corrected chi connectivity index (χ0v) is 23.3. The first-order chi connectivity index (χ1) is 18.2. The molecular weight excluding hydrogens is 575 g/mol. The smallest absolute Gasteiger partial charge is 0.271 e. The lowest BCUT2D eigenvalue weighted by Crippen LogP contribution is -2.43. The summed E-state index contributed by atoms with van der Waals surface area (Å²) in [4.78, 5) is 28.0. The van der Waals surface area contributed by atoms with E-state index < -0.39 is 5.82 Å². The molecule has 0 unspecified atom stereocenters. The second-order valence-electron chi connectivity index (χ2n) is 9.55. The first-order valence-electron chi connectivity index (χ1n) is 12.4. The molecule has 1 N–H and O–H groups in total. The highest BCUT2D eigenvalue weighted by molar-refractivity contribution is 9.10. The highest BCUT2D eigenvalue weighted by atomic mass is 79.9. The van der Waals surface area contributed by atoms with Crippen molar-refractivity contribution in [3.8, 4) is 0 Å². The van der Waals surface area contributed by atoms with Gasteiger partial charge in [-0.1, -0.05) is 41.1 Å². The Morgan fingerprint density at radius 2 is 1.95 bits per heavy atom. The Labute approximate surface area is 232 Å². The van der Waals surface area contributed by atoms with E-state index in [1.54, 1.807) is 16.9 Å². The van der Waals surface area contributed by atoms with Gasteiger partial charge in [0, 0.05) is 42.0 Å². The van der Waals surface area contributed by atoms with Gasteiger partial charge < -0.3 is 14.8 Å². The molecule has 0 spiro atoms. The lowest BCUT2D eigenvalue weighted by atomic mass is 9.95. The summed E-state index contributed by atoms with van der Waals surface area (Å²) in [6, 6.07) is 11.9. The van der Waals surface area contributed by atoms with Crippen LogP contribution in [0.2, 0.25) is 5.02 Å². The van der Waals surface area contributed by atoms with Crippen molar-refractivity contribution in [1.29, 1.82) is 0 Å². The molecule has 1 saturated heterocycles.